The van der Waals surface area contributed by atoms with Crippen molar-refractivity contribution in [3.8, 4) is 0 Å². The van der Waals surface area contributed by atoms with Crippen LogP contribution in [0.1, 0.15) is 31.7 Å². The van der Waals surface area contributed by atoms with Gasteiger partial charge in [0.15, 0.2) is 0 Å². The minimum Gasteiger partial charge on any atom is -0.319 e. The van der Waals surface area contributed by atoms with E-state index < -0.39 is 0 Å². The Kier molecular flexibility index (Phi) is 3.09. The Morgan fingerprint density at radius 1 is 1.58 bits per heavy atom. The molecule has 1 rings (SSSR count). The molecule has 0 atom stereocenters. The Labute approximate surface area is 81.8 Å². The molecule has 0 spiro atoms. The van der Waals surface area contributed by atoms with Crippen molar-refractivity contribution in [2.75, 3.05) is 0 Å². The van der Waals surface area contributed by atoms with E-state index in [4.69, 9.17) is 17.3 Å². The number of aromatic nitrogens is 1. The molecule has 0 aliphatic carbocycles. The fourth-order valence-electron chi connectivity index (χ4n) is 1.04. The van der Waals surface area contributed by atoms with Gasteiger partial charge in [0.1, 0.15) is 9.34 Å². The molecule has 68 valence electrons. The third-order valence-electron chi connectivity index (χ3n) is 2.17. The Morgan fingerprint density at radius 3 is 2.50 bits per heavy atom. The average Bonchev–Trinajstić information content (AvgIpc) is 2.51. The molecule has 0 saturated carbocycles. The van der Waals surface area contributed by atoms with E-state index in [-0.39, 0.29) is 5.54 Å². The highest BCUT2D eigenvalue weighted by Crippen LogP contribution is 2.31. The minimum atomic E-state index is -0.280. The van der Waals surface area contributed by atoms with Crippen molar-refractivity contribution in [3.63, 3.8) is 0 Å². The largest absolute Gasteiger partial charge is 0.319 e. The molecule has 2 N–H and O–H groups in total. The summed E-state index contributed by atoms with van der Waals surface area (Å²) < 4.78 is 0.710. The highest BCUT2D eigenvalue weighted by Gasteiger charge is 2.26. The van der Waals surface area contributed by atoms with Crippen LogP contribution in [0.25, 0.3) is 0 Å². The molecule has 1 aromatic rings. The van der Waals surface area contributed by atoms with Crippen molar-refractivity contribution in [2.45, 2.75) is 32.2 Å². The predicted octanol–water partition coefficient (Wildman–Crippen LogP) is 2.77. The summed E-state index contributed by atoms with van der Waals surface area (Å²) >= 11 is 7.25. The van der Waals surface area contributed by atoms with Gasteiger partial charge >= 0.3 is 0 Å². The summed E-state index contributed by atoms with van der Waals surface area (Å²) in [7, 11) is 0. The zero-order chi connectivity index (χ0) is 9.19. The second-order valence-corrected chi connectivity index (χ2v) is 4.49. The number of hydrogen-bond acceptors (Lipinski definition) is 3. The van der Waals surface area contributed by atoms with Gasteiger partial charge < -0.3 is 5.73 Å². The molecule has 0 radical (unpaired) electrons. The first-order valence-corrected chi connectivity index (χ1v) is 5.22. The molecule has 0 aliphatic rings. The Bertz CT molecular complexity index is 255. The van der Waals surface area contributed by atoms with Crippen LogP contribution in [0.2, 0.25) is 4.34 Å². The summed E-state index contributed by atoms with van der Waals surface area (Å²) in [4.78, 5) is 4.19. The second kappa shape index (κ2) is 3.73. The third kappa shape index (κ3) is 1.79. The van der Waals surface area contributed by atoms with Crippen molar-refractivity contribution in [3.05, 3.63) is 15.5 Å². The molecule has 1 aromatic heterocycles. The summed E-state index contributed by atoms with van der Waals surface area (Å²) in [5.41, 5.74) is 5.84. The molecule has 0 bridgehead atoms. The van der Waals surface area contributed by atoms with Crippen LogP contribution in [-0.2, 0) is 5.54 Å². The first-order valence-electron chi connectivity index (χ1n) is 4.03. The molecule has 12 heavy (non-hydrogen) atoms. The molecule has 2 nitrogen and oxygen atoms in total. The Hall–Kier alpha value is -0.120. The van der Waals surface area contributed by atoms with Gasteiger partial charge in [0.05, 0.1) is 11.7 Å². The SMILES string of the molecule is CCC(N)(CC)c1ncc(Cl)s1. The third-order valence-corrected chi connectivity index (χ3v) is 3.50. The number of nitrogens with two attached hydrogens (primary N) is 1. The molecule has 1 heterocycles. The molecular weight excluding hydrogens is 192 g/mol. The second-order valence-electron chi connectivity index (χ2n) is 2.83. The maximum atomic E-state index is 6.12. The molecule has 0 saturated heterocycles. The van der Waals surface area contributed by atoms with Gasteiger partial charge in [0.2, 0.25) is 0 Å². The summed E-state index contributed by atoms with van der Waals surface area (Å²) in [5, 5.41) is 0.942. The van der Waals surface area contributed by atoms with Gasteiger partial charge in [-0.2, -0.15) is 0 Å². The lowest BCUT2D eigenvalue weighted by Gasteiger charge is -2.23. The van der Waals surface area contributed by atoms with Crippen LogP contribution >= 0.6 is 22.9 Å². The van der Waals surface area contributed by atoms with Crippen LogP contribution in [0.3, 0.4) is 0 Å². The van der Waals surface area contributed by atoms with Gasteiger partial charge in [-0.25, -0.2) is 4.98 Å². The van der Waals surface area contributed by atoms with Crippen LogP contribution in [-0.4, -0.2) is 4.98 Å². The maximum absolute atomic E-state index is 6.12. The highest BCUT2D eigenvalue weighted by atomic mass is 35.5. The van der Waals surface area contributed by atoms with Crippen LogP contribution in [0, 0.1) is 0 Å². The van der Waals surface area contributed by atoms with Crippen molar-refractivity contribution >= 4 is 22.9 Å². The van der Waals surface area contributed by atoms with E-state index in [0.29, 0.717) is 4.34 Å². The van der Waals surface area contributed by atoms with Crippen molar-refractivity contribution in [2.24, 2.45) is 5.73 Å². The van der Waals surface area contributed by atoms with E-state index in [1.807, 2.05) is 0 Å². The van der Waals surface area contributed by atoms with Gasteiger partial charge in [-0.3, -0.25) is 0 Å². The first-order chi connectivity index (χ1) is 5.62. The lowest BCUT2D eigenvalue weighted by molar-refractivity contribution is 0.411. The molecule has 0 amide bonds. The van der Waals surface area contributed by atoms with Crippen LogP contribution in [0.4, 0.5) is 0 Å². The molecule has 0 aliphatic heterocycles. The molecule has 0 fully saturated rings. The molecular formula is C8H13ClN2S. The van der Waals surface area contributed by atoms with Crippen molar-refractivity contribution in [1.82, 2.24) is 4.98 Å². The van der Waals surface area contributed by atoms with Crippen molar-refractivity contribution in [1.29, 1.82) is 0 Å². The summed E-state index contributed by atoms with van der Waals surface area (Å²) in [6.45, 7) is 4.14. The fourth-order valence-corrected chi connectivity index (χ4v) is 2.19. The van der Waals surface area contributed by atoms with Gasteiger partial charge in [-0.15, -0.1) is 11.3 Å². The number of hydrogen-bond donors (Lipinski definition) is 1. The van der Waals surface area contributed by atoms with Gasteiger partial charge in [0, 0.05) is 0 Å². The highest BCUT2D eigenvalue weighted by molar-refractivity contribution is 7.15. The number of thiazole rings is 1. The molecule has 0 unspecified atom stereocenters. The van der Waals surface area contributed by atoms with Gasteiger partial charge in [-0.05, 0) is 12.8 Å². The van der Waals surface area contributed by atoms with E-state index in [1.54, 1.807) is 6.20 Å². The number of halogens is 1. The molecule has 4 heteroatoms. The topological polar surface area (TPSA) is 38.9 Å². The maximum Gasteiger partial charge on any atom is 0.114 e. The lowest BCUT2D eigenvalue weighted by Crippen LogP contribution is -2.34. The zero-order valence-electron chi connectivity index (χ0n) is 7.30. The predicted molar refractivity (Wildman–Crippen MR) is 53.6 cm³/mol. The van der Waals surface area contributed by atoms with E-state index in [2.05, 4.69) is 18.8 Å². The Morgan fingerprint density at radius 2 is 2.17 bits per heavy atom. The summed E-state index contributed by atoms with van der Waals surface area (Å²) in [5.74, 6) is 0. The smallest absolute Gasteiger partial charge is 0.114 e. The summed E-state index contributed by atoms with van der Waals surface area (Å²) in [6, 6.07) is 0. The molecule has 0 aromatic carbocycles. The van der Waals surface area contributed by atoms with Gasteiger partial charge in [-0.1, -0.05) is 25.4 Å². The monoisotopic (exact) mass is 204 g/mol. The summed E-state index contributed by atoms with van der Waals surface area (Å²) in [6.07, 6.45) is 3.45. The van der Waals surface area contributed by atoms with Crippen LogP contribution in [0.15, 0.2) is 6.20 Å². The lowest BCUT2D eigenvalue weighted by atomic mass is 9.95. The van der Waals surface area contributed by atoms with E-state index in [9.17, 15) is 0 Å². The van der Waals surface area contributed by atoms with E-state index in [1.165, 1.54) is 11.3 Å². The average molecular weight is 205 g/mol. The first kappa shape index (κ1) is 9.96. The quantitative estimate of drug-likeness (QED) is 0.823. The zero-order valence-corrected chi connectivity index (χ0v) is 8.87. The Balaban J connectivity index is 2.94. The number of rotatable bonds is 3. The van der Waals surface area contributed by atoms with Crippen LogP contribution in [0.5, 0.6) is 0 Å². The van der Waals surface area contributed by atoms with Crippen molar-refractivity contribution < 1.29 is 0 Å². The normalized spacial score (nSPS) is 12.0. The van der Waals surface area contributed by atoms with Gasteiger partial charge in [0.25, 0.3) is 0 Å². The fraction of sp³-hybridized carbons (Fsp3) is 0.625. The minimum absolute atomic E-state index is 0.280. The standard InChI is InChI=1S/C8H13ClN2S/c1-3-8(10,4-2)7-11-5-6(9)12-7/h5H,3-4,10H2,1-2H3. The number of nitrogens with zero attached hydrogens (tertiary/aromatic N) is 1. The van der Waals surface area contributed by atoms with Crippen LogP contribution < -0.4 is 5.73 Å². The van der Waals surface area contributed by atoms with E-state index >= 15 is 0 Å². The van der Waals surface area contributed by atoms with E-state index in [0.717, 1.165) is 17.8 Å².